The van der Waals surface area contributed by atoms with Gasteiger partial charge in [0.1, 0.15) is 6.17 Å². The largest absolute Gasteiger partial charge is 0.360 e. The van der Waals surface area contributed by atoms with Crippen LogP contribution in [0.4, 0.5) is 0 Å². The van der Waals surface area contributed by atoms with Gasteiger partial charge in [-0.25, -0.2) is 0 Å². The van der Waals surface area contributed by atoms with Crippen LogP contribution in [0, 0.1) is 0 Å². The number of nitrogens with one attached hydrogen (secondary N) is 1. The van der Waals surface area contributed by atoms with E-state index in [4.69, 9.17) is 4.99 Å². The van der Waals surface area contributed by atoms with Crippen molar-refractivity contribution >= 4 is 33.2 Å². The van der Waals surface area contributed by atoms with Crippen LogP contribution in [0.1, 0.15) is 88.3 Å². The summed E-state index contributed by atoms with van der Waals surface area (Å²) in [6, 6.07) is 63.0. The zero-order valence-corrected chi connectivity index (χ0v) is 31.1. The fourth-order valence-electron chi connectivity index (χ4n) is 10.4. The Morgan fingerprint density at radius 2 is 1.29 bits per heavy atom. The van der Waals surface area contributed by atoms with Crippen molar-refractivity contribution < 1.29 is 0 Å². The quantitative estimate of drug-likeness (QED) is 0.194. The van der Waals surface area contributed by atoms with E-state index in [1.807, 2.05) is 0 Å². The second-order valence-electron chi connectivity index (χ2n) is 15.4. The summed E-state index contributed by atoms with van der Waals surface area (Å²) in [6.45, 7) is 4.82. The Labute approximate surface area is 322 Å². The van der Waals surface area contributed by atoms with Crippen molar-refractivity contribution in [3.63, 3.8) is 0 Å². The molecule has 0 fully saturated rings. The van der Waals surface area contributed by atoms with E-state index in [-0.39, 0.29) is 6.17 Å². The first-order valence-electron chi connectivity index (χ1n) is 19.7. The average molecular weight is 708 g/mol. The maximum Gasteiger partial charge on any atom is 0.145 e. The molecule has 4 atom stereocenters. The number of allylic oxidation sites excluding steroid dienone is 1. The molecule has 11 rings (SSSR count). The fourth-order valence-corrected chi connectivity index (χ4v) is 10.4. The van der Waals surface area contributed by atoms with Crippen molar-refractivity contribution in [1.29, 1.82) is 0 Å². The molecule has 1 aromatic heterocycles. The van der Waals surface area contributed by atoms with Gasteiger partial charge >= 0.3 is 0 Å². The van der Waals surface area contributed by atoms with E-state index in [0.717, 1.165) is 34.5 Å². The first-order chi connectivity index (χ1) is 27.2. The summed E-state index contributed by atoms with van der Waals surface area (Å²) in [6.07, 6.45) is 3.09. The standard InChI is InChI=1S/C52H41N3/c1-3-37-33(2)38-30-29-36(47-32-46(34-17-6-4-7-18-34)53-51(54-47)35-19-8-5-9-20-35)31-45(38)52(42-24-12-10-21-39(37)42)43-25-13-15-28-49(43)55-48-27-14-11-22-40(48)41-23-16-26-44(52)50(41)55/h4-33,37,51,53H,3H2,1-2H3/t33?,37-,51?,52?/m1/s1. The van der Waals surface area contributed by atoms with E-state index in [2.05, 4.69) is 200 Å². The first kappa shape index (κ1) is 32.0. The third kappa shape index (κ3) is 4.53. The third-order valence-electron chi connectivity index (χ3n) is 12.7. The minimum Gasteiger partial charge on any atom is -0.360 e. The summed E-state index contributed by atoms with van der Waals surface area (Å²) in [4.78, 5) is 5.47. The lowest BCUT2D eigenvalue weighted by Crippen LogP contribution is -2.36. The molecule has 0 amide bonds. The summed E-state index contributed by atoms with van der Waals surface area (Å²) in [5, 5.41) is 6.35. The van der Waals surface area contributed by atoms with E-state index in [9.17, 15) is 0 Å². The average Bonchev–Trinajstić information content (AvgIpc) is 3.56. The van der Waals surface area contributed by atoms with Crippen molar-refractivity contribution in [1.82, 2.24) is 9.88 Å². The molecule has 0 saturated carbocycles. The van der Waals surface area contributed by atoms with Crippen molar-refractivity contribution in [2.75, 3.05) is 0 Å². The number of rotatable bonds is 4. The molecule has 264 valence electrons. The van der Waals surface area contributed by atoms with Gasteiger partial charge in [-0.1, -0.05) is 166 Å². The Bertz CT molecular complexity index is 2860. The molecule has 1 N–H and O–H groups in total. The number of hydrogen-bond donors (Lipinski definition) is 1. The van der Waals surface area contributed by atoms with Gasteiger partial charge in [0.2, 0.25) is 0 Å². The second-order valence-corrected chi connectivity index (χ2v) is 15.4. The zero-order valence-electron chi connectivity index (χ0n) is 31.1. The van der Waals surface area contributed by atoms with Gasteiger partial charge in [0.15, 0.2) is 0 Å². The van der Waals surface area contributed by atoms with Gasteiger partial charge in [-0.05, 0) is 87.0 Å². The molecule has 1 aliphatic carbocycles. The van der Waals surface area contributed by atoms with E-state index in [0.29, 0.717) is 11.8 Å². The van der Waals surface area contributed by atoms with Crippen molar-refractivity contribution in [3.05, 3.63) is 226 Å². The molecule has 0 radical (unpaired) electrons. The van der Waals surface area contributed by atoms with E-state index in [1.165, 1.54) is 60.9 Å². The predicted octanol–water partition coefficient (Wildman–Crippen LogP) is 12.2. The van der Waals surface area contributed by atoms with Crippen molar-refractivity contribution in [2.45, 2.75) is 43.7 Å². The van der Waals surface area contributed by atoms with Crippen LogP contribution in [-0.2, 0) is 5.41 Å². The van der Waals surface area contributed by atoms with Crippen molar-refractivity contribution in [3.8, 4) is 5.69 Å². The number of fused-ring (bicyclic) bond motifs is 11. The van der Waals surface area contributed by atoms with Gasteiger partial charge < -0.3 is 9.88 Å². The van der Waals surface area contributed by atoms with Gasteiger partial charge in [-0.3, -0.25) is 4.99 Å². The highest BCUT2D eigenvalue weighted by Gasteiger charge is 2.50. The lowest BCUT2D eigenvalue weighted by molar-refractivity contribution is 0.560. The monoisotopic (exact) mass is 707 g/mol. The van der Waals surface area contributed by atoms with Crippen molar-refractivity contribution in [2.24, 2.45) is 4.99 Å². The Morgan fingerprint density at radius 1 is 0.600 bits per heavy atom. The number of aromatic nitrogens is 1. The molecule has 3 unspecified atom stereocenters. The lowest BCUT2D eigenvalue weighted by atomic mass is 9.61. The highest BCUT2D eigenvalue weighted by molar-refractivity contribution is 6.14. The summed E-state index contributed by atoms with van der Waals surface area (Å²) in [7, 11) is 0. The lowest BCUT2D eigenvalue weighted by Gasteiger charge is -2.43. The summed E-state index contributed by atoms with van der Waals surface area (Å²) in [5.74, 6) is 0.666. The minimum atomic E-state index is -0.571. The molecular weight excluding hydrogens is 667 g/mol. The number of para-hydroxylation sites is 3. The van der Waals surface area contributed by atoms with E-state index >= 15 is 0 Å². The third-order valence-corrected chi connectivity index (χ3v) is 12.7. The Kier molecular flexibility index (Phi) is 7.16. The highest BCUT2D eigenvalue weighted by Crippen LogP contribution is 2.59. The van der Waals surface area contributed by atoms with Crippen LogP contribution < -0.4 is 5.32 Å². The Morgan fingerprint density at radius 3 is 2.13 bits per heavy atom. The molecule has 3 heteroatoms. The van der Waals surface area contributed by atoms with Crippen LogP contribution in [0.25, 0.3) is 33.2 Å². The van der Waals surface area contributed by atoms with Crippen LogP contribution >= 0.6 is 0 Å². The smallest absolute Gasteiger partial charge is 0.145 e. The summed E-state index contributed by atoms with van der Waals surface area (Å²) < 4.78 is 2.54. The van der Waals surface area contributed by atoms with E-state index < -0.39 is 5.41 Å². The maximum atomic E-state index is 5.47. The topological polar surface area (TPSA) is 29.3 Å². The molecule has 7 aromatic carbocycles. The highest BCUT2D eigenvalue weighted by atomic mass is 15.1. The molecular formula is C52H41N3. The number of hydrogen-bond acceptors (Lipinski definition) is 2. The van der Waals surface area contributed by atoms with Gasteiger partial charge in [-0.2, -0.15) is 0 Å². The predicted molar refractivity (Wildman–Crippen MR) is 227 cm³/mol. The summed E-state index contributed by atoms with van der Waals surface area (Å²) in [5.41, 5.74) is 16.9. The van der Waals surface area contributed by atoms with Gasteiger partial charge in [0.25, 0.3) is 0 Å². The van der Waals surface area contributed by atoms with Crippen LogP contribution in [-0.4, -0.2) is 10.3 Å². The molecule has 55 heavy (non-hydrogen) atoms. The molecule has 0 bridgehead atoms. The molecule has 8 aromatic rings. The molecule has 1 spiro atoms. The first-order valence-corrected chi connectivity index (χ1v) is 19.7. The summed E-state index contributed by atoms with van der Waals surface area (Å²) >= 11 is 0. The van der Waals surface area contributed by atoms with Gasteiger partial charge in [-0.15, -0.1) is 0 Å². The molecule has 3 nitrogen and oxygen atoms in total. The van der Waals surface area contributed by atoms with Crippen LogP contribution in [0.15, 0.2) is 181 Å². The SMILES string of the molecule is CC[C@H]1c2ccccc2C2(c3cc(C4=NC(c5ccccc5)NC(c5ccccc5)=C4)ccc3C1C)c1ccccc1-n1c3ccccc3c3cccc2c31. The van der Waals surface area contributed by atoms with Crippen LogP contribution in [0.2, 0.25) is 0 Å². The van der Waals surface area contributed by atoms with Gasteiger partial charge in [0.05, 0.1) is 27.8 Å². The van der Waals surface area contributed by atoms with E-state index in [1.54, 1.807) is 0 Å². The number of aliphatic imine (C=N–C) groups is 1. The molecule has 3 aliphatic rings. The maximum absolute atomic E-state index is 5.47. The normalized spacial score (nSPS) is 20.9. The minimum absolute atomic E-state index is 0.215. The van der Waals surface area contributed by atoms with Crippen LogP contribution in [0.3, 0.4) is 0 Å². The Hall–Kier alpha value is -6.45. The van der Waals surface area contributed by atoms with Crippen LogP contribution in [0.5, 0.6) is 0 Å². The molecule has 2 aliphatic heterocycles. The molecule has 0 saturated heterocycles. The second kappa shape index (κ2) is 12.3. The zero-order chi connectivity index (χ0) is 36.7. The fraction of sp³-hybridized carbons (Fsp3) is 0.135. The molecule has 3 heterocycles. The van der Waals surface area contributed by atoms with Gasteiger partial charge in [0, 0.05) is 22.0 Å². The number of benzene rings is 7. The Balaban J connectivity index is 1.26. The number of nitrogens with zero attached hydrogens (tertiary/aromatic N) is 2.